The summed E-state index contributed by atoms with van der Waals surface area (Å²) < 4.78 is 7.51. The van der Waals surface area contributed by atoms with Crippen LogP contribution in [0.5, 0.6) is 0 Å². The molecule has 4 aromatic heterocycles. The summed E-state index contributed by atoms with van der Waals surface area (Å²) in [5, 5.41) is 3.29. The molecule has 4 nitrogen and oxygen atoms in total. The van der Waals surface area contributed by atoms with Gasteiger partial charge in [0.1, 0.15) is 11.1 Å². The fourth-order valence-electron chi connectivity index (χ4n) is 4.29. The summed E-state index contributed by atoms with van der Waals surface area (Å²) in [5.74, 6) is 0. The van der Waals surface area contributed by atoms with E-state index in [0.29, 0.717) is 0 Å². The van der Waals surface area contributed by atoms with Crippen LogP contribution in [0.25, 0.3) is 54.7 Å². The van der Waals surface area contributed by atoms with Gasteiger partial charge in [0.05, 0.1) is 15.3 Å². The van der Waals surface area contributed by atoms with Gasteiger partial charge in [-0.15, -0.1) is 65.4 Å². The molecule has 6 heteroatoms. The minimum Gasteiger partial charge on any atom is -0.498 e. The van der Waals surface area contributed by atoms with Crippen LogP contribution in [0, 0.1) is 12.1 Å². The minimum absolute atomic E-state index is 0. The van der Waals surface area contributed by atoms with E-state index in [4.69, 9.17) is 9.40 Å². The molecule has 0 bridgehead atoms. The predicted molar refractivity (Wildman–Crippen MR) is 156 cm³/mol. The van der Waals surface area contributed by atoms with Gasteiger partial charge in [-0.25, -0.2) is 4.98 Å². The molecule has 0 saturated carbocycles. The zero-order valence-electron chi connectivity index (χ0n) is 21.7. The Morgan fingerprint density at radius 2 is 1.44 bits per heavy atom. The average molecular weight is 704 g/mol. The Balaban J connectivity index is 0.000000200. The zero-order chi connectivity index (χ0) is 26.1. The second-order valence-electron chi connectivity index (χ2n) is 9.96. The average Bonchev–Trinajstić information content (AvgIpc) is 3.57. The van der Waals surface area contributed by atoms with Gasteiger partial charge in [0.2, 0.25) is 0 Å². The molecule has 0 amide bonds. The maximum Gasteiger partial charge on any atom is 0.148 e. The van der Waals surface area contributed by atoms with E-state index in [1.165, 1.54) is 0 Å². The molecule has 0 unspecified atom stereocenters. The van der Waals surface area contributed by atoms with E-state index in [1.54, 1.807) is 23.7 Å². The van der Waals surface area contributed by atoms with E-state index in [1.807, 2.05) is 66.7 Å². The standard InChI is InChI=1S/C22H17N2OS.C11H8N.Ir/c1-22(2,3)21-24-18-17(26-21)11-10-14-13-7-6-8-15(19(13)25-20(14)18)16-9-4-5-12-23-16;1-2-6-10(7-3-1)11-8-4-5-9-12-11;/h4-7,9-12H,1-3H3;1-6,8-9H;/q2*-1;. The molecule has 0 aliphatic carbocycles. The fourth-order valence-corrected chi connectivity index (χ4v) is 5.31. The molecule has 0 saturated heterocycles. The van der Waals surface area contributed by atoms with Gasteiger partial charge in [0.15, 0.2) is 0 Å². The second-order valence-corrected chi connectivity index (χ2v) is 11.0. The van der Waals surface area contributed by atoms with E-state index in [9.17, 15) is 0 Å². The van der Waals surface area contributed by atoms with Gasteiger partial charge in [-0.05, 0) is 29.6 Å². The number of hydrogen-bond donors (Lipinski definition) is 0. The van der Waals surface area contributed by atoms with E-state index >= 15 is 0 Å². The van der Waals surface area contributed by atoms with Crippen LogP contribution in [-0.4, -0.2) is 15.0 Å². The Labute approximate surface area is 245 Å². The second kappa shape index (κ2) is 11.2. The number of pyridine rings is 2. The molecule has 0 N–H and O–H groups in total. The maximum atomic E-state index is 6.35. The smallest absolute Gasteiger partial charge is 0.148 e. The van der Waals surface area contributed by atoms with Crippen molar-refractivity contribution in [2.45, 2.75) is 26.2 Å². The Morgan fingerprint density at radius 3 is 2.10 bits per heavy atom. The number of aromatic nitrogens is 3. The summed E-state index contributed by atoms with van der Waals surface area (Å²) in [5.41, 5.74) is 6.40. The quantitative estimate of drug-likeness (QED) is 0.169. The first-order valence-corrected chi connectivity index (χ1v) is 13.3. The normalized spacial score (nSPS) is 11.3. The number of furan rings is 1. The number of fused-ring (bicyclic) bond motifs is 5. The number of nitrogens with zero attached hydrogens (tertiary/aromatic N) is 3. The molecule has 39 heavy (non-hydrogen) atoms. The third-order valence-electron chi connectivity index (χ3n) is 6.17. The first-order valence-electron chi connectivity index (χ1n) is 12.5. The van der Waals surface area contributed by atoms with Gasteiger partial charge in [-0.2, -0.15) is 0 Å². The van der Waals surface area contributed by atoms with E-state index in [2.05, 4.69) is 61.1 Å². The van der Waals surface area contributed by atoms with E-state index < -0.39 is 0 Å². The molecule has 7 aromatic rings. The molecule has 1 radical (unpaired) electrons. The molecule has 3 aromatic carbocycles. The molecule has 0 atom stereocenters. The Hall–Kier alpha value is -3.70. The Morgan fingerprint density at radius 1 is 0.718 bits per heavy atom. The van der Waals surface area contributed by atoms with Crippen LogP contribution in [-0.2, 0) is 25.5 Å². The van der Waals surface area contributed by atoms with Crippen LogP contribution in [0.2, 0.25) is 0 Å². The van der Waals surface area contributed by atoms with Crippen molar-refractivity contribution in [3.8, 4) is 22.5 Å². The molecule has 0 aliphatic rings. The van der Waals surface area contributed by atoms with Crippen LogP contribution >= 0.6 is 11.3 Å². The van der Waals surface area contributed by atoms with Gasteiger partial charge < -0.3 is 14.4 Å². The summed E-state index contributed by atoms with van der Waals surface area (Å²) >= 11 is 1.74. The van der Waals surface area contributed by atoms with E-state index in [0.717, 1.165) is 59.7 Å². The fraction of sp³-hybridized carbons (Fsp3) is 0.121. The van der Waals surface area contributed by atoms with Crippen molar-refractivity contribution in [1.29, 1.82) is 0 Å². The van der Waals surface area contributed by atoms with Crippen molar-refractivity contribution in [3.05, 3.63) is 114 Å². The molecule has 4 heterocycles. The first-order chi connectivity index (χ1) is 18.5. The number of benzene rings is 3. The largest absolute Gasteiger partial charge is 0.498 e. The van der Waals surface area contributed by atoms with Crippen molar-refractivity contribution in [3.63, 3.8) is 0 Å². The summed E-state index contributed by atoms with van der Waals surface area (Å²) in [6.07, 6.45) is 3.58. The molecule has 0 spiro atoms. The third kappa shape index (κ3) is 5.41. The van der Waals surface area contributed by atoms with Crippen molar-refractivity contribution in [2.24, 2.45) is 0 Å². The Bertz CT molecular complexity index is 1800. The van der Waals surface area contributed by atoms with Crippen molar-refractivity contribution < 1.29 is 24.5 Å². The zero-order valence-corrected chi connectivity index (χ0v) is 24.9. The van der Waals surface area contributed by atoms with Crippen LogP contribution in [0.3, 0.4) is 0 Å². The number of hydrogen-bond acceptors (Lipinski definition) is 5. The van der Waals surface area contributed by atoms with Crippen molar-refractivity contribution in [1.82, 2.24) is 15.0 Å². The van der Waals surface area contributed by atoms with Crippen LogP contribution in [0.4, 0.5) is 0 Å². The van der Waals surface area contributed by atoms with Gasteiger partial charge in [0.25, 0.3) is 0 Å². The number of thiazole rings is 1. The molecule has 195 valence electrons. The van der Waals surface area contributed by atoms with Crippen LogP contribution in [0.1, 0.15) is 25.8 Å². The van der Waals surface area contributed by atoms with Crippen molar-refractivity contribution in [2.75, 3.05) is 0 Å². The molecular formula is C33H25IrN3OS-2. The molecule has 0 fully saturated rings. The topological polar surface area (TPSA) is 51.8 Å². The number of rotatable bonds is 2. The summed E-state index contributed by atoms with van der Waals surface area (Å²) in [6, 6.07) is 34.3. The monoisotopic (exact) mass is 704 g/mol. The molecule has 0 aliphatic heterocycles. The molecule has 7 rings (SSSR count). The van der Waals surface area contributed by atoms with Crippen LogP contribution < -0.4 is 0 Å². The maximum absolute atomic E-state index is 6.35. The minimum atomic E-state index is 0. The van der Waals surface area contributed by atoms with Crippen molar-refractivity contribution >= 4 is 43.5 Å². The van der Waals surface area contributed by atoms with E-state index in [-0.39, 0.29) is 25.5 Å². The summed E-state index contributed by atoms with van der Waals surface area (Å²) in [6.45, 7) is 6.57. The van der Waals surface area contributed by atoms with Gasteiger partial charge in [-0.1, -0.05) is 62.1 Å². The Kier molecular flexibility index (Phi) is 7.71. The third-order valence-corrected chi connectivity index (χ3v) is 7.62. The van der Waals surface area contributed by atoms with Crippen LogP contribution in [0.15, 0.2) is 102 Å². The van der Waals surface area contributed by atoms with Gasteiger partial charge in [-0.3, -0.25) is 0 Å². The van der Waals surface area contributed by atoms with Gasteiger partial charge in [0, 0.05) is 43.3 Å². The summed E-state index contributed by atoms with van der Waals surface area (Å²) in [4.78, 5) is 13.6. The predicted octanol–water partition coefficient (Wildman–Crippen LogP) is 8.90. The van der Waals surface area contributed by atoms with Gasteiger partial charge >= 0.3 is 0 Å². The first kappa shape index (κ1) is 26.9. The molecular weight excluding hydrogens is 679 g/mol. The summed E-state index contributed by atoms with van der Waals surface area (Å²) in [7, 11) is 0. The SMILES string of the molecule is CC(C)(C)c1nc2c(ccc3c4cc[c-]c(-c5ccccn5)c4oc32)s1.[Ir].[c-]1ccccc1-c1ccccn1.